The highest BCUT2D eigenvalue weighted by molar-refractivity contribution is 7.89. The van der Waals surface area contributed by atoms with Crippen LogP contribution in [0.25, 0.3) is 0 Å². The van der Waals surface area contributed by atoms with E-state index >= 15 is 0 Å². The highest BCUT2D eigenvalue weighted by atomic mass is 35.5. The third-order valence-electron chi connectivity index (χ3n) is 2.27. The molecule has 0 amide bonds. The molecule has 0 bridgehead atoms. The maximum atomic E-state index is 12.0. The summed E-state index contributed by atoms with van der Waals surface area (Å²) in [6, 6.07) is 4.27. The van der Waals surface area contributed by atoms with Crippen molar-refractivity contribution in [2.45, 2.75) is 24.8 Å². The molecule has 0 aliphatic rings. The first kappa shape index (κ1) is 15.2. The molecule has 0 aliphatic heterocycles. The Kier molecular flexibility index (Phi) is 5.40. The molecular formula is C11H17ClN2O3S. The highest BCUT2D eigenvalue weighted by Crippen LogP contribution is 2.22. The topological polar surface area (TPSA) is 81.4 Å². The minimum Gasteiger partial charge on any atom is -0.398 e. The molecule has 1 atom stereocenters. The molecule has 0 fully saturated rings. The van der Waals surface area contributed by atoms with Crippen molar-refractivity contribution in [2.24, 2.45) is 0 Å². The van der Waals surface area contributed by atoms with Gasteiger partial charge < -0.3 is 10.5 Å². The maximum Gasteiger partial charge on any atom is 0.242 e. The maximum absolute atomic E-state index is 12.0. The lowest BCUT2D eigenvalue weighted by Gasteiger charge is -2.14. The number of anilines is 1. The molecule has 3 N–H and O–H groups in total. The quantitative estimate of drug-likeness (QED) is 0.781. The van der Waals surface area contributed by atoms with E-state index in [2.05, 4.69) is 4.72 Å². The van der Waals surface area contributed by atoms with Gasteiger partial charge in [0.2, 0.25) is 10.0 Å². The van der Waals surface area contributed by atoms with E-state index in [4.69, 9.17) is 22.1 Å². The molecule has 18 heavy (non-hydrogen) atoms. The van der Waals surface area contributed by atoms with Crippen LogP contribution in [0.15, 0.2) is 23.1 Å². The van der Waals surface area contributed by atoms with Gasteiger partial charge in [0.1, 0.15) is 4.90 Å². The second-order valence-corrected chi connectivity index (χ2v) is 5.97. The number of hydrogen-bond donors (Lipinski definition) is 2. The predicted octanol–water partition coefficient (Wildman–Crippen LogP) is 1.63. The molecule has 0 spiro atoms. The van der Waals surface area contributed by atoms with Gasteiger partial charge in [-0.3, -0.25) is 0 Å². The molecule has 1 unspecified atom stereocenters. The molecule has 7 heteroatoms. The van der Waals surface area contributed by atoms with Gasteiger partial charge >= 0.3 is 0 Å². The van der Waals surface area contributed by atoms with Gasteiger partial charge in [-0.2, -0.15) is 0 Å². The lowest BCUT2D eigenvalue weighted by Crippen LogP contribution is -2.32. The fourth-order valence-corrected chi connectivity index (χ4v) is 2.82. The van der Waals surface area contributed by atoms with Crippen molar-refractivity contribution < 1.29 is 13.2 Å². The number of halogens is 1. The van der Waals surface area contributed by atoms with Crippen LogP contribution in [0.4, 0.5) is 5.69 Å². The minimum absolute atomic E-state index is 0.0237. The van der Waals surface area contributed by atoms with E-state index in [1.54, 1.807) is 6.92 Å². The van der Waals surface area contributed by atoms with Crippen LogP contribution >= 0.6 is 11.6 Å². The first-order chi connectivity index (χ1) is 8.36. The summed E-state index contributed by atoms with van der Waals surface area (Å²) in [4.78, 5) is 0.0237. The Morgan fingerprint density at radius 1 is 1.50 bits per heavy atom. The Morgan fingerprint density at radius 2 is 2.17 bits per heavy atom. The van der Waals surface area contributed by atoms with Crippen molar-refractivity contribution in [2.75, 3.05) is 18.9 Å². The third kappa shape index (κ3) is 4.13. The van der Waals surface area contributed by atoms with Gasteiger partial charge in [0.15, 0.2) is 0 Å². The van der Waals surface area contributed by atoms with Gasteiger partial charge in [-0.15, -0.1) is 0 Å². The number of nitrogens with one attached hydrogen (secondary N) is 1. The molecule has 1 aromatic rings. The molecule has 0 saturated carbocycles. The summed E-state index contributed by atoms with van der Waals surface area (Å²) >= 11 is 5.72. The van der Waals surface area contributed by atoms with Crippen LogP contribution in [-0.4, -0.2) is 27.7 Å². The zero-order valence-electron chi connectivity index (χ0n) is 10.3. The third-order valence-corrected chi connectivity index (χ3v) is 4.01. The number of rotatable bonds is 6. The van der Waals surface area contributed by atoms with Crippen LogP contribution in [-0.2, 0) is 14.8 Å². The molecule has 0 saturated heterocycles. The standard InChI is InChI=1S/C11H17ClN2O3S/c1-3-17-8(2)7-14-18(15,16)11-5-4-9(12)6-10(11)13/h4-6,8,14H,3,7,13H2,1-2H3. The van der Waals surface area contributed by atoms with Crippen molar-refractivity contribution in [3.8, 4) is 0 Å². The summed E-state index contributed by atoms with van der Waals surface area (Å²) in [7, 11) is -3.63. The van der Waals surface area contributed by atoms with Crippen LogP contribution in [0.3, 0.4) is 0 Å². The second kappa shape index (κ2) is 6.38. The van der Waals surface area contributed by atoms with Crippen molar-refractivity contribution in [3.63, 3.8) is 0 Å². The molecule has 1 rings (SSSR count). The summed E-state index contributed by atoms with van der Waals surface area (Å²) in [5.41, 5.74) is 5.76. The number of sulfonamides is 1. The molecule has 5 nitrogen and oxygen atoms in total. The number of hydrogen-bond acceptors (Lipinski definition) is 4. The summed E-state index contributed by atoms with van der Waals surface area (Å²) in [5, 5.41) is 0.397. The van der Waals surface area contributed by atoms with Crippen LogP contribution in [0.5, 0.6) is 0 Å². The zero-order valence-corrected chi connectivity index (χ0v) is 11.9. The Bertz CT molecular complexity index is 505. The molecule has 0 radical (unpaired) electrons. The summed E-state index contributed by atoms with van der Waals surface area (Å²) in [5.74, 6) is 0. The largest absolute Gasteiger partial charge is 0.398 e. The summed E-state index contributed by atoms with van der Waals surface area (Å²) in [6.07, 6.45) is -0.196. The molecular weight excluding hydrogens is 276 g/mol. The SMILES string of the molecule is CCOC(C)CNS(=O)(=O)c1ccc(Cl)cc1N. The van der Waals surface area contributed by atoms with E-state index in [-0.39, 0.29) is 23.2 Å². The number of ether oxygens (including phenoxy) is 1. The van der Waals surface area contributed by atoms with Gasteiger partial charge in [-0.25, -0.2) is 13.1 Å². The molecule has 102 valence electrons. The van der Waals surface area contributed by atoms with Gasteiger partial charge in [0.25, 0.3) is 0 Å². The Balaban J connectivity index is 2.80. The van der Waals surface area contributed by atoms with Crippen molar-refractivity contribution >= 4 is 27.3 Å². The van der Waals surface area contributed by atoms with Crippen LogP contribution < -0.4 is 10.5 Å². The minimum atomic E-state index is -3.63. The first-order valence-electron chi connectivity index (χ1n) is 5.53. The summed E-state index contributed by atoms with van der Waals surface area (Å²) < 4.78 is 31.7. The van der Waals surface area contributed by atoms with Crippen LogP contribution in [0.2, 0.25) is 5.02 Å². The van der Waals surface area contributed by atoms with Gasteiger partial charge in [-0.1, -0.05) is 11.6 Å². The van der Waals surface area contributed by atoms with Gasteiger partial charge in [0, 0.05) is 18.2 Å². The van der Waals surface area contributed by atoms with Crippen molar-refractivity contribution in [3.05, 3.63) is 23.2 Å². The Morgan fingerprint density at radius 3 is 2.72 bits per heavy atom. The van der Waals surface area contributed by atoms with E-state index in [9.17, 15) is 8.42 Å². The number of nitrogens with two attached hydrogens (primary N) is 1. The molecule has 0 aliphatic carbocycles. The predicted molar refractivity (Wildman–Crippen MR) is 72.1 cm³/mol. The monoisotopic (exact) mass is 292 g/mol. The Labute approximate surface area is 112 Å². The van der Waals surface area contributed by atoms with Crippen molar-refractivity contribution in [1.29, 1.82) is 0 Å². The number of benzene rings is 1. The van der Waals surface area contributed by atoms with E-state index in [0.717, 1.165) is 0 Å². The van der Waals surface area contributed by atoms with Gasteiger partial charge in [0.05, 0.1) is 11.8 Å². The zero-order chi connectivity index (χ0) is 13.8. The smallest absolute Gasteiger partial charge is 0.242 e. The van der Waals surface area contributed by atoms with Crippen LogP contribution in [0, 0.1) is 0 Å². The lowest BCUT2D eigenvalue weighted by atomic mass is 10.3. The average Bonchev–Trinajstić information content (AvgIpc) is 2.26. The normalized spacial score (nSPS) is 13.5. The number of nitrogen functional groups attached to an aromatic ring is 1. The average molecular weight is 293 g/mol. The first-order valence-corrected chi connectivity index (χ1v) is 7.39. The summed E-state index contributed by atoms with van der Waals surface area (Å²) in [6.45, 7) is 4.36. The van der Waals surface area contributed by atoms with Crippen molar-refractivity contribution in [1.82, 2.24) is 4.72 Å². The van der Waals surface area contributed by atoms with E-state index in [0.29, 0.717) is 11.6 Å². The van der Waals surface area contributed by atoms with E-state index in [1.807, 2.05) is 6.92 Å². The fourth-order valence-electron chi connectivity index (χ4n) is 1.41. The van der Waals surface area contributed by atoms with Gasteiger partial charge in [-0.05, 0) is 32.0 Å². The molecule has 0 aromatic heterocycles. The van der Waals surface area contributed by atoms with Crippen LogP contribution in [0.1, 0.15) is 13.8 Å². The van der Waals surface area contributed by atoms with E-state index < -0.39 is 10.0 Å². The van der Waals surface area contributed by atoms with E-state index in [1.165, 1.54) is 18.2 Å². The molecule has 1 aromatic carbocycles. The fraction of sp³-hybridized carbons (Fsp3) is 0.455. The highest BCUT2D eigenvalue weighted by Gasteiger charge is 2.18. The Hall–Kier alpha value is -0.820. The second-order valence-electron chi connectivity index (χ2n) is 3.80. The molecule has 0 heterocycles. The lowest BCUT2D eigenvalue weighted by molar-refractivity contribution is 0.0799.